The molecule has 1 aromatic rings. The molecule has 1 N–H and O–H groups in total. The first-order valence-corrected chi connectivity index (χ1v) is 6.44. The Hall–Kier alpha value is -1.52. The van der Waals surface area contributed by atoms with Gasteiger partial charge in [0.2, 0.25) is 0 Å². The van der Waals surface area contributed by atoms with Gasteiger partial charge in [-0.15, -0.1) is 0 Å². The van der Waals surface area contributed by atoms with E-state index in [-0.39, 0.29) is 6.09 Å². The van der Waals surface area contributed by atoms with Gasteiger partial charge in [-0.25, -0.2) is 4.79 Å². The summed E-state index contributed by atoms with van der Waals surface area (Å²) in [5.74, 6) is 0.955. The first-order valence-electron chi connectivity index (χ1n) is 6.44. The summed E-state index contributed by atoms with van der Waals surface area (Å²) in [7, 11) is 0. The quantitative estimate of drug-likeness (QED) is 0.764. The maximum atomic E-state index is 12.0. The molecule has 1 aliphatic heterocycles. The lowest BCUT2D eigenvalue weighted by Gasteiger charge is -2.24. The van der Waals surface area contributed by atoms with Crippen LogP contribution in [0.3, 0.4) is 0 Å². The third-order valence-electron chi connectivity index (χ3n) is 3.70. The van der Waals surface area contributed by atoms with Gasteiger partial charge in [0.25, 0.3) is 0 Å². The fourth-order valence-corrected chi connectivity index (χ4v) is 2.97. The number of aromatic nitrogens is 2. The molecule has 0 spiro atoms. The molecule has 5 heteroatoms. The zero-order chi connectivity index (χ0) is 12.9. The van der Waals surface area contributed by atoms with Crippen LogP contribution >= 0.6 is 0 Å². The van der Waals surface area contributed by atoms with Crippen molar-refractivity contribution in [3.63, 3.8) is 0 Å². The molecule has 1 aromatic heterocycles. The van der Waals surface area contributed by atoms with E-state index in [1.807, 2.05) is 31.9 Å². The molecule has 18 heavy (non-hydrogen) atoms. The summed E-state index contributed by atoms with van der Waals surface area (Å²) in [6, 6.07) is 0. The number of H-pyrrole nitrogens is 1. The third-order valence-corrected chi connectivity index (χ3v) is 3.70. The van der Waals surface area contributed by atoms with Crippen molar-refractivity contribution >= 4 is 6.09 Å². The number of carbonyl (C=O) groups excluding carboxylic acids is 1. The summed E-state index contributed by atoms with van der Waals surface area (Å²) in [5.41, 5.74) is 2.04. The SMILES string of the molecule is CC(C)(C)OC(=O)N1CC2Cc3n[nH]cc3C2C1. The van der Waals surface area contributed by atoms with Gasteiger partial charge in [-0.3, -0.25) is 5.10 Å². The summed E-state index contributed by atoms with van der Waals surface area (Å²) in [6.45, 7) is 7.24. The van der Waals surface area contributed by atoms with Crippen molar-refractivity contribution < 1.29 is 9.53 Å². The van der Waals surface area contributed by atoms with Crippen molar-refractivity contribution in [2.24, 2.45) is 5.92 Å². The number of likely N-dealkylation sites (tertiary alicyclic amines) is 1. The highest BCUT2D eigenvalue weighted by Crippen LogP contribution is 2.42. The van der Waals surface area contributed by atoms with Gasteiger partial charge in [0, 0.05) is 25.2 Å². The topological polar surface area (TPSA) is 58.2 Å². The van der Waals surface area contributed by atoms with Crippen molar-refractivity contribution in [3.8, 4) is 0 Å². The van der Waals surface area contributed by atoms with Gasteiger partial charge >= 0.3 is 6.09 Å². The molecule has 0 bridgehead atoms. The Bertz CT molecular complexity index is 475. The number of ether oxygens (including phenoxy) is 1. The summed E-state index contributed by atoms with van der Waals surface area (Å²) >= 11 is 0. The molecule has 1 fully saturated rings. The average Bonchev–Trinajstić information content (AvgIpc) is 2.83. The number of hydrogen-bond acceptors (Lipinski definition) is 3. The summed E-state index contributed by atoms with van der Waals surface area (Å²) < 4.78 is 5.42. The predicted molar refractivity (Wildman–Crippen MR) is 66.3 cm³/mol. The van der Waals surface area contributed by atoms with Crippen LogP contribution in [0.25, 0.3) is 0 Å². The predicted octanol–water partition coefficient (Wildman–Crippen LogP) is 1.92. The minimum absolute atomic E-state index is 0.193. The molecule has 1 aliphatic carbocycles. The summed E-state index contributed by atoms with van der Waals surface area (Å²) in [6.07, 6.45) is 2.75. The average molecular weight is 249 g/mol. The van der Waals surface area contributed by atoms with Crippen molar-refractivity contribution in [1.82, 2.24) is 15.1 Å². The molecule has 1 saturated heterocycles. The molecule has 5 nitrogen and oxygen atoms in total. The molecule has 0 aromatic carbocycles. The number of aromatic amines is 1. The maximum Gasteiger partial charge on any atom is 0.410 e. The Morgan fingerprint density at radius 2 is 2.28 bits per heavy atom. The first kappa shape index (κ1) is 11.6. The molecule has 3 rings (SSSR count). The number of nitrogens with one attached hydrogen (secondary N) is 1. The third kappa shape index (κ3) is 1.87. The highest BCUT2D eigenvalue weighted by molar-refractivity contribution is 5.69. The second kappa shape index (κ2) is 3.73. The monoisotopic (exact) mass is 249 g/mol. The number of nitrogens with zero attached hydrogens (tertiary/aromatic N) is 2. The van der Waals surface area contributed by atoms with Gasteiger partial charge in [-0.2, -0.15) is 5.10 Å². The second-order valence-electron chi connectivity index (χ2n) is 6.24. The van der Waals surface area contributed by atoms with E-state index in [2.05, 4.69) is 10.2 Å². The van der Waals surface area contributed by atoms with E-state index >= 15 is 0 Å². The smallest absolute Gasteiger partial charge is 0.410 e. The number of rotatable bonds is 0. The van der Waals surface area contributed by atoms with E-state index in [1.165, 1.54) is 11.3 Å². The molecule has 0 radical (unpaired) electrons. The number of hydrogen-bond donors (Lipinski definition) is 1. The molecule has 2 aliphatic rings. The van der Waals surface area contributed by atoms with Crippen LogP contribution in [0.5, 0.6) is 0 Å². The first-order chi connectivity index (χ1) is 8.44. The molecule has 98 valence electrons. The van der Waals surface area contributed by atoms with E-state index in [4.69, 9.17) is 4.74 Å². The van der Waals surface area contributed by atoms with Crippen LogP contribution in [0.2, 0.25) is 0 Å². The Morgan fingerprint density at radius 1 is 1.50 bits per heavy atom. The zero-order valence-electron chi connectivity index (χ0n) is 11.1. The lowest BCUT2D eigenvalue weighted by molar-refractivity contribution is 0.0286. The van der Waals surface area contributed by atoms with Gasteiger partial charge in [0.15, 0.2) is 0 Å². The molecule has 2 atom stereocenters. The van der Waals surface area contributed by atoms with Gasteiger partial charge in [-0.1, -0.05) is 0 Å². The van der Waals surface area contributed by atoms with Crippen LogP contribution in [0, 0.1) is 5.92 Å². The van der Waals surface area contributed by atoms with E-state index < -0.39 is 5.60 Å². The largest absolute Gasteiger partial charge is 0.444 e. The van der Waals surface area contributed by atoms with Crippen molar-refractivity contribution in [3.05, 3.63) is 17.5 Å². The zero-order valence-corrected chi connectivity index (χ0v) is 11.1. The van der Waals surface area contributed by atoms with Crippen molar-refractivity contribution in [2.45, 2.75) is 38.7 Å². The van der Waals surface area contributed by atoms with Crippen LogP contribution in [-0.4, -0.2) is 39.9 Å². The molecule has 2 unspecified atom stereocenters. The van der Waals surface area contributed by atoms with E-state index in [9.17, 15) is 4.79 Å². The van der Waals surface area contributed by atoms with Crippen LogP contribution in [0.4, 0.5) is 4.79 Å². The molecular formula is C13H19N3O2. The Kier molecular flexibility index (Phi) is 2.40. The highest BCUT2D eigenvalue weighted by atomic mass is 16.6. The van der Waals surface area contributed by atoms with Crippen LogP contribution in [-0.2, 0) is 11.2 Å². The summed E-state index contributed by atoms with van der Waals surface area (Å²) in [4.78, 5) is 13.9. The Balaban J connectivity index is 1.69. The van der Waals surface area contributed by atoms with Gasteiger partial charge in [0.05, 0.1) is 5.69 Å². The van der Waals surface area contributed by atoms with Crippen molar-refractivity contribution in [2.75, 3.05) is 13.1 Å². The Labute approximate surface area is 107 Å². The minimum Gasteiger partial charge on any atom is -0.444 e. The normalized spacial score (nSPS) is 26.1. The molecule has 2 heterocycles. The molecular weight excluding hydrogens is 230 g/mol. The maximum absolute atomic E-state index is 12.0. The van der Waals surface area contributed by atoms with Gasteiger partial charge < -0.3 is 9.64 Å². The Morgan fingerprint density at radius 3 is 3.00 bits per heavy atom. The number of fused-ring (bicyclic) bond motifs is 3. The van der Waals surface area contributed by atoms with Gasteiger partial charge in [0.1, 0.15) is 5.60 Å². The van der Waals surface area contributed by atoms with Crippen molar-refractivity contribution in [1.29, 1.82) is 0 Å². The lowest BCUT2D eigenvalue weighted by atomic mass is 9.98. The number of carbonyl (C=O) groups is 1. The minimum atomic E-state index is -0.421. The van der Waals surface area contributed by atoms with E-state index in [1.54, 1.807) is 0 Å². The van der Waals surface area contributed by atoms with Crippen LogP contribution in [0.1, 0.15) is 37.9 Å². The lowest BCUT2D eigenvalue weighted by Crippen LogP contribution is -2.35. The highest BCUT2D eigenvalue weighted by Gasteiger charge is 2.43. The van der Waals surface area contributed by atoms with E-state index in [0.29, 0.717) is 11.8 Å². The summed E-state index contributed by atoms with van der Waals surface area (Å²) in [5, 5.41) is 7.16. The fourth-order valence-electron chi connectivity index (χ4n) is 2.97. The van der Waals surface area contributed by atoms with Crippen LogP contribution in [0.15, 0.2) is 6.20 Å². The number of amides is 1. The fraction of sp³-hybridized carbons (Fsp3) is 0.692. The van der Waals surface area contributed by atoms with Crippen LogP contribution < -0.4 is 0 Å². The molecule has 0 saturated carbocycles. The molecule has 1 amide bonds. The second-order valence-corrected chi connectivity index (χ2v) is 6.24. The van der Waals surface area contributed by atoms with E-state index in [0.717, 1.165) is 19.5 Å². The van der Waals surface area contributed by atoms with Gasteiger partial charge in [-0.05, 0) is 38.7 Å². The standard InChI is InChI=1S/C13H19N3O2/c1-13(2,3)18-12(17)16-6-8-4-11-9(5-14-15-11)10(8)7-16/h5,8,10H,4,6-7H2,1-3H3,(H,14,15).